The fraction of sp³-hybridized carbons (Fsp3) is 0.727. The van der Waals surface area contributed by atoms with E-state index < -0.39 is 6.10 Å². The van der Waals surface area contributed by atoms with Crippen LogP contribution in [0.1, 0.15) is 44.5 Å². The molecule has 0 aromatic carbocycles. The zero-order valence-electron chi connectivity index (χ0n) is 9.98. The number of rotatable bonds is 6. The molecule has 0 radical (unpaired) electrons. The molecule has 5 heteroatoms. The lowest BCUT2D eigenvalue weighted by Gasteiger charge is -2.16. The Balaban J connectivity index is 2.73. The second-order valence-electron chi connectivity index (χ2n) is 4.07. The van der Waals surface area contributed by atoms with Crippen molar-refractivity contribution >= 4 is 11.6 Å². The van der Waals surface area contributed by atoms with E-state index in [2.05, 4.69) is 5.10 Å². The van der Waals surface area contributed by atoms with Crippen LogP contribution < -0.4 is 0 Å². The van der Waals surface area contributed by atoms with Gasteiger partial charge in [-0.15, -0.1) is 0 Å². The highest BCUT2D eigenvalue weighted by Crippen LogP contribution is 2.28. The highest BCUT2D eigenvalue weighted by atomic mass is 35.5. The predicted octanol–water partition coefficient (Wildman–Crippen LogP) is 2.58. The summed E-state index contributed by atoms with van der Waals surface area (Å²) in [5.41, 5.74) is 0.702. The fourth-order valence-corrected chi connectivity index (χ4v) is 1.89. The van der Waals surface area contributed by atoms with Gasteiger partial charge >= 0.3 is 0 Å². The molecule has 16 heavy (non-hydrogen) atoms. The minimum Gasteiger partial charge on any atom is -0.387 e. The fourth-order valence-electron chi connectivity index (χ4n) is 1.63. The summed E-state index contributed by atoms with van der Waals surface area (Å²) in [5.74, 6) is 0. The van der Waals surface area contributed by atoms with E-state index >= 15 is 0 Å². The van der Waals surface area contributed by atoms with Gasteiger partial charge in [0.15, 0.2) is 0 Å². The molecular formula is C11H19ClN2O2. The molecule has 1 aromatic heterocycles. The van der Waals surface area contributed by atoms with Crippen molar-refractivity contribution in [2.75, 3.05) is 13.7 Å². The summed E-state index contributed by atoms with van der Waals surface area (Å²) in [6.07, 6.45) is 2.44. The number of methoxy groups -OCH3 is 1. The molecule has 1 rings (SSSR count). The number of aromatic nitrogens is 2. The van der Waals surface area contributed by atoms with E-state index in [1.165, 1.54) is 0 Å². The van der Waals surface area contributed by atoms with Gasteiger partial charge in [-0.25, -0.2) is 0 Å². The van der Waals surface area contributed by atoms with Crippen LogP contribution in [-0.4, -0.2) is 28.6 Å². The second-order valence-corrected chi connectivity index (χ2v) is 4.47. The Morgan fingerprint density at radius 3 is 2.81 bits per heavy atom. The van der Waals surface area contributed by atoms with Gasteiger partial charge in [-0.3, -0.25) is 4.68 Å². The van der Waals surface area contributed by atoms with Gasteiger partial charge in [-0.2, -0.15) is 5.10 Å². The van der Waals surface area contributed by atoms with Crippen molar-refractivity contribution in [1.29, 1.82) is 0 Å². The molecular weight excluding hydrogens is 228 g/mol. The molecule has 0 spiro atoms. The van der Waals surface area contributed by atoms with Crippen LogP contribution in [0, 0.1) is 0 Å². The standard InChI is InChI=1S/C11H19ClN2O2/c1-8(2)14-11(9(12)7-13-14)10(15)5-4-6-16-3/h7-8,10,15H,4-6H2,1-3H3. The summed E-state index contributed by atoms with van der Waals surface area (Å²) in [7, 11) is 1.65. The van der Waals surface area contributed by atoms with Crippen molar-refractivity contribution in [3.63, 3.8) is 0 Å². The number of hydrogen-bond acceptors (Lipinski definition) is 3. The molecule has 0 bridgehead atoms. The summed E-state index contributed by atoms with van der Waals surface area (Å²) in [4.78, 5) is 0. The average molecular weight is 247 g/mol. The van der Waals surface area contributed by atoms with E-state index in [4.69, 9.17) is 16.3 Å². The van der Waals surface area contributed by atoms with Crippen LogP contribution in [0.2, 0.25) is 5.02 Å². The monoisotopic (exact) mass is 246 g/mol. The topological polar surface area (TPSA) is 47.3 Å². The Bertz CT molecular complexity index is 326. The SMILES string of the molecule is COCCCC(O)c1c(Cl)cnn1C(C)C. The Labute approximate surface area is 101 Å². The van der Waals surface area contributed by atoms with Crippen molar-refractivity contribution in [3.8, 4) is 0 Å². The molecule has 1 atom stereocenters. The highest BCUT2D eigenvalue weighted by Gasteiger charge is 2.19. The zero-order chi connectivity index (χ0) is 12.1. The molecule has 0 fully saturated rings. The van der Waals surface area contributed by atoms with E-state index in [1.807, 2.05) is 13.8 Å². The van der Waals surface area contributed by atoms with E-state index in [0.717, 1.165) is 6.42 Å². The number of halogens is 1. The summed E-state index contributed by atoms with van der Waals surface area (Å²) < 4.78 is 6.71. The third-order valence-electron chi connectivity index (χ3n) is 2.42. The molecule has 0 aliphatic heterocycles. The van der Waals surface area contributed by atoms with Gasteiger partial charge in [0.2, 0.25) is 0 Å². The van der Waals surface area contributed by atoms with Gasteiger partial charge < -0.3 is 9.84 Å². The Kier molecular flexibility index (Phi) is 5.25. The van der Waals surface area contributed by atoms with Crippen molar-refractivity contribution in [2.45, 2.75) is 38.8 Å². The highest BCUT2D eigenvalue weighted by molar-refractivity contribution is 6.31. The number of hydrogen-bond donors (Lipinski definition) is 1. The molecule has 1 N–H and O–H groups in total. The van der Waals surface area contributed by atoms with E-state index in [0.29, 0.717) is 23.7 Å². The normalized spacial score (nSPS) is 13.4. The largest absolute Gasteiger partial charge is 0.387 e. The average Bonchev–Trinajstić information content (AvgIpc) is 2.60. The van der Waals surface area contributed by atoms with Crippen LogP contribution in [0.15, 0.2) is 6.20 Å². The maximum atomic E-state index is 10.0. The van der Waals surface area contributed by atoms with E-state index in [1.54, 1.807) is 18.0 Å². The van der Waals surface area contributed by atoms with Crippen LogP contribution in [-0.2, 0) is 4.74 Å². The number of ether oxygens (including phenoxy) is 1. The first-order valence-corrected chi connectivity index (χ1v) is 5.85. The third kappa shape index (κ3) is 3.20. The first-order valence-electron chi connectivity index (χ1n) is 5.47. The van der Waals surface area contributed by atoms with Crippen LogP contribution in [0.5, 0.6) is 0 Å². The molecule has 1 aromatic rings. The molecule has 0 saturated heterocycles. The van der Waals surface area contributed by atoms with Crippen molar-refractivity contribution in [1.82, 2.24) is 9.78 Å². The molecule has 0 aliphatic carbocycles. The Morgan fingerprint density at radius 1 is 1.56 bits per heavy atom. The number of aliphatic hydroxyl groups excluding tert-OH is 1. The lowest BCUT2D eigenvalue weighted by atomic mass is 10.1. The van der Waals surface area contributed by atoms with E-state index in [9.17, 15) is 5.11 Å². The van der Waals surface area contributed by atoms with Crippen LogP contribution >= 0.6 is 11.6 Å². The van der Waals surface area contributed by atoms with E-state index in [-0.39, 0.29) is 6.04 Å². The number of nitrogens with zero attached hydrogens (tertiary/aromatic N) is 2. The minimum atomic E-state index is -0.576. The lowest BCUT2D eigenvalue weighted by molar-refractivity contribution is 0.128. The van der Waals surface area contributed by atoms with Gasteiger partial charge in [-0.05, 0) is 26.7 Å². The lowest BCUT2D eigenvalue weighted by Crippen LogP contribution is -2.12. The third-order valence-corrected chi connectivity index (χ3v) is 2.71. The summed E-state index contributed by atoms with van der Waals surface area (Å²) >= 11 is 6.02. The molecule has 1 heterocycles. The Morgan fingerprint density at radius 2 is 2.25 bits per heavy atom. The smallest absolute Gasteiger partial charge is 0.0972 e. The number of aliphatic hydroxyl groups is 1. The first-order chi connectivity index (χ1) is 7.57. The summed E-state index contributed by atoms with van der Waals surface area (Å²) in [6, 6.07) is 0.194. The van der Waals surface area contributed by atoms with Crippen LogP contribution in [0.4, 0.5) is 0 Å². The first kappa shape index (κ1) is 13.5. The van der Waals surface area contributed by atoms with Crippen molar-refractivity contribution in [2.24, 2.45) is 0 Å². The van der Waals surface area contributed by atoms with Gasteiger partial charge in [0.05, 0.1) is 23.0 Å². The molecule has 1 unspecified atom stereocenters. The second kappa shape index (κ2) is 6.23. The molecule has 0 amide bonds. The van der Waals surface area contributed by atoms with Gasteiger partial charge in [0, 0.05) is 19.8 Å². The quantitative estimate of drug-likeness (QED) is 0.785. The summed E-state index contributed by atoms with van der Waals surface area (Å²) in [6.45, 7) is 4.66. The van der Waals surface area contributed by atoms with Gasteiger partial charge in [-0.1, -0.05) is 11.6 Å². The molecule has 92 valence electrons. The van der Waals surface area contributed by atoms with Gasteiger partial charge in [0.25, 0.3) is 0 Å². The molecule has 4 nitrogen and oxygen atoms in total. The Hall–Kier alpha value is -0.580. The minimum absolute atomic E-state index is 0.194. The van der Waals surface area contributed by atoms with Gasteiger partial charge in [0.1, 0.15) is 0 Å². The predicted molar refractivity (Wildman–Crippen MR) is 63.7 cm³/mol. The maximum Gasteiger partial charge on any atom is 0.0972 e. The molecule has 0 saturated carbocycles. The van der Waals surface area contributed by atoms with Crippen molar-refractivity contribution < 1.29 is 9.84 Å². The summed E-state index contributed by atoms with van der Waals surface area (Å²) in [5, 5.41) is 14.7. The van der Waals surface area contributed by atoms with Crippen LogP contribution in [0.3, 0.4) is 0 Å². The maximum absolute atomic E-state index is 10.0. The zero-order valence-corrected chi connectivity index (χ0v) is 10.7. The molecule has 0 aliphatic rings. The van der Waals surface area contributed by atoms with Crippen LogP contribution in [0.25, 0.3) is 0 Å². The van der Waals surface area contributed by atoms with Crippen molar-refractivity contribution in [3.05, 3.63) is 16.9 Å².